The fourth-order valence-electron chi connectivity index (χ4n) is 1.87. The Labute approximate surface area is 136 Å². The van der Waals surface area contributed by atoms with E-state index in [-0.39, 0.29) is 5.91 Å². The molecule has 0 fully saturated rings. The molecule has 6 heteroatoms. The SMILES string of the molecule is N#Cc1ccc(NC(=O)c2ccc(Oc3nccs3)cc2)cc1. The first-order chi connectivity index (χ1) is 11.2. The number of hydrogen-bond acceptors (Lipinski definition) is 5. The normalized spacial score (nSPS) is 9.87. The molecule has 0 saturated carbocycles. The van der Waals surface area contributed by atoms with Crippen LogP contribution in [0, 0.1) is 11.3 Å². The highest BCUT2D eigenvalue weighted by molar-refractivity contribution is 7.11. The Kier molecular flexibility index (Phi) is 4.32. The Bertz CT molecular complexity index is 835. The lowest BCUT2D eigenvalue weighted by Gasteiger charge is -2.06. The molecule has 0 aliphatic heterocycles. The summed E-state index contributed by atoms with van der Waals surface area (Å²) in [5, 5.41) is 13.9. The average Bonchev–Trinajstić information content (AvgIpc) is 3.09. The molecule has 0 radical (unpaired) electrons. The van der Waals surface area contributed by atoms with Crippen LogP contribution in [0.5, 0.6) is 10.9 Å². The van der Waals surface area contributed by atoms with Crippen molar-refractivity contribution in [2.75, 3.05) is 5.32 Å². The number of nitrogens with zero attached hydrogens (tertiary/aromatic N) is 2. The van der Waals surface area contributed by atoms with Gasteiger partial charge in [0.1, 0.15) is 5.75 Å². The zero-order chi connectivity index (χ0) is 16.1. The van der Waals surface area contributed by atoms with Crippen LogP contribution in [0.1, 0.15) is 15.9 Å². The van der Waals surface area contributed by atoms with Crippen LogP contribution in [-0.2, 0) is 0 Å². The fraction of sp³-hybridized carbons (Fsp3) is 0. The summed E-state index contributed by atoms with van der Waals surface area (Å²) in [6.45, 7) is 0. The lowest BCUT2D eigenvalue weighted by Crippen LogP contribution is -2.11. The van der Waals surface area contributed by atoms with Gasteiger partial charge in [-0.15, -0.1) is 0 Å². The number of hydrogen-bond donors (Lipinski definition) is 1. The number of carbonyl (C=O) groups excluding carboxylic acids is 1. The molecule has 0 saturated heterocycles. The van der Waals surface area contributed by atoms with Gasteiger partial charge in [0.25, 0.3) is 11.1 Å². The summed E-state index contributed by atoms with van der Waals surface area (Å²) < 4.78 is 5.54. The predicted octanol–water partition coefficient (Wildman–Crippen LogP) is 4.06. The Morgan fingerprint density at radius 3 is 2.48 bits per heavy atom. The van der Waals surface area contributed by atoms with E-state index in [1.807, 2.05) is 11.4 Å². The molecule has 0 atom stereocenters. The summed E-state index contributed by atoms with van der Waals surface area (Å²) >= 11 is 1.40. The second-order valence-corrected chi connectivity index (χ2v) is 5.42. The maximum atomic E-state index is 12.2. The van der Waals surface area contributed by atoms with E-state index < -0.39 is 0 Å². The van der Waals surface area contributed by atoms with Gasteiger partial charge in [-0.25, -0.2) is 4.98 Å². The van der Waals surface area contributed by atoms with Gasteiger partial charge in [-0.3, -0.25) is 4.79 Å². The molecule has 1 N–H and O–H groups in total. The maximum Gasteiger partial charge on any atom is 0.278 e. The van der Waals surface area contributed by atoms with Gasteiger partial charge in [0.15, 0.2) is 0 Å². The topological polar surface area (TPSA) is 75.0 Å². The van der Waals surface area contributed by atoms with Gasteiger partial charge in [-0.1, -0.05) is 11.3 Å². The van der Waals surface area contributed by atoms with Crippen LogP contribution in [0.15, 0.2) is 60.1 Å². The van der Waals surface area contributed by atoms with Crippen LogP contribution < -0.4 is 10.1 Å². The Morgan fingerprint density at radius 2 is 1.87 bits per heavy atom. The van der Waals surface area contributed by atoms with Crippen LogP contribution in [0.4, 0.5) is 5.69 Å². The number of ether oxygens (including phenoxy) is 1. The van der Waals surface area contributed by atoms with Gasteiger partial charge in [0.05, 0.1) is 11.6 Å². The first-order valence-corrected chi connectivity index (χ1v) is 7.61. The predicted molar refractivity (Wildman–Crippen MR) is 87.7 cm³/mol. The summed E-state index contributed by atoms with van der Waals surface area (Å²) in [4.78, 5) is 16.2. The number of aromatic nitrogens is 1. The molecule has 3 aromatic rings. The highest BCUT2D eigenvalue weighted by Gasteiger charge is 2.07. The minimum Gasteiger partial charge on any atom is -0.431 e. The first-order valence-electron chi connectivity index (χ1n) is 6.73. The Balaban J connectivity index is 1.66. The number of nitrogens with one attached hydrogen (secondary N) is 1. The van der Waals surface area contributed by atoms with Gasteiger partial charge in [0, 0.05) is 22.8 Å². The van der Waals surface area contributed by atoms with Crippen molar-refractivity contribution in [1.82, 2.24) is 4.98 Å². The molecule has 112 valence electrons. The van der Waals surface area contributed by atoms with Gasteiger partial charge in [-0.05, 0) is 48.5 Å². The van der Waals surface area contributed by atoms with Crippen molar-refractivity contribution in [3.8, 4) is 17.0 Å². The third kappa shape index (κ3) is 3.73. The zero-order valence-electron chi connectivity index (χ0n) is 11.9. The molecule has 0 unspecified atom stereocenters. The van der Waals surface area contributed by atoms with Crippen molar-refractivity contribution in [1.29, 1.82) is 5.26 Å². The number of carbonyl (C=O) groups is 1. The number of anilines is 1. The van der Waals surface area contributed by atoms with E-state index in [0.717, 1.165) is 0 Å². The summed E-state index contributed by atoms with van der Waals surface area (Å²) in [5.74, 6) is 0.394. The molecule has 0 spiro atoms. The van der Waals surface area contributed by atoms with Crippen LogP contribution in [0.25, 0.3) is 0 Å². The molecule has 3 rings (SSSR count). The maximum absolute atomic E-state index is 12.2. The average molecular weight is 321 g/mol. The van der Waals surface area contributed by atoms with E-state index in [4.69, 9.17) is 10.00 Å². The summed E-state index contributed by atoms with van der Waals surface area (Å²) in [7, 11) is 0. The zero-order valence-corrected chi connectivity index (χ0v) is 12.7. The largest absolute Gasteiger partial charge is 0.431 e. The van der Waals surface area contributed by atoms with Crippen molar-refractivity contribution in [3.05, 3.63) is 71.2 Å². The van der Waals surface area contributed by atoms with Gasteiger partial charge >= 0.3 is 0 Å². The molecule has 2 aromatic carbocycles. The number of benzene rings is 2. The third-order valence-electron chi connectivity index (χ3n) is 3.00. The molecule has 1 amide bonds. The molecule has 23 heavy (non-hydrogen) atoms. The Hall–Kier alpha value is -3.17. The van der Waals surface area contributed by atoms with Crippen LogP contribution in [0.3, 0.4) is 0 Å². The van der Waals surface area contributed by atoms with Crippen molar-refractivity contribution in [3.63, 3.8) is 0 Å². The number of thiazole rings is 1. The highest BCUT2D eigenvalue weighted by atomic mass is 32.1. The molecule has 0 bridgehead atoms. The number of nitriles is 1. The molecular formula is C17H11N3O2S. The van der Waals surface area contributed by atoms with Gasteiger partial charge < -0.3 is 10.1 Å². The monoisotopic (exact) mass is 321 g/mol. The lowest BCUT2D eigenvalue weighted by molar-refractivity contribution is 0.102. The van der Waals surface area contributed by atoms with Crippen molar-refractivity contribution < 1.29 is 9.53 Å². The number of rotatable bonds is 4. The fourth-order valence-corrected chi connectivity index (χ4v) is 2.37. The second-order valence-electron chi connectivity index (χ2n) is 4.57. The Morgan fingerprint density at radius 1 is 1.13 bits per heavy atom. The van der Waals surface area contributed by atoms with E-state index in [9.17, 15) is 4.79 Å². The van der Waals surface area contributed by atoms with Crippen molar-refractivity contribution in [2.45, 2.75) is 0 Å². The molecule has 0 aliphatic carbocycles. The second kappa shape index (κ2) is 6.73. The van der Waals surface area contributed by atoms with E-state index in [1.165, 1.54) is 11.3 Å². The van der Waals surface area contributed by atoms with E-state index >= 15 is 0 Å². The highest BCUT2D eigenvalue weighted by Crippen LogP contribution is 2.23. The quantitative estimate of drug-likeness (QED) is 0.786. The molecular weight excluding hydrogens is 310 g/mol. The van der Waals surface area contributed by atoms with E-state index in [0.29, 0.717) is 27.8 Å². The van der Waals surface area contributed by atoms with Crippen molar-refractivity contribution in [2.24, 2.45) is 0 Å². The van der Waals surface area contributed by atoms with Crippen LogP contribution in [0.2, 0.25) is 0 Å². The molecule has 5 nitrogen and oxygen atoms in total. The van der Waals surface area contributed by atoms with Crippen LogP contribution >= 0.6 is 11.3 Å². The smallest absolute Gasteiger partial charge is 0.278 e. The third-order valence-corrected chi connectivity index (χ3v) is 3.65. The summed E-state index contributed by atoms with van der Waals surface area (Å²) in [6.07, 6.45) is 1.67. The molecule has 0 aliphatic rings. The van der Waals surface area contributed by atoms with Gasteiger partial charge in [-0.2, -0.15) is 5.26 Å². The molecule has 1 heterocycles. The van der Waals surface area contributed by atoms with Crippen LogP contribution in [-0.4, -0.2) is 10.9 Å². The van der Waals surface area contributed by atoms with E-state index in [1.54, 1.807) is 54.7 Å². The summed E-state index contributed by atoms with van der Waals surface area (Å²) in [5.41, 5.74) is 1.70. The van der Waals surface area contributed by atoms with Gasteiger partial charge in [0.2, 0.25) is 0 Å². The number of amides is 1. The molecule has 1 aromatic heterocycles. The first kappa shape index (κ1) is 14.8. The minimum atomic E-state index is -0.226. The summed E-state index contributed by atoms with van der Waals surface area (Å²) in [6, 6.07) is 15.5. The van der Waals surface area contributed by atoms with Crippen molar-refractivity contribution >= 4 is 22.9 Å². The lowest BCUT2D eigenvalue weighted by atomic mass is 10.2. The minimum absolute atomic E-state index is 0.226. The van der Waals surface area contributed by atoms with E-state index in [2.05, 4.69) is 10.3 Å². The standard InChI is InChI=1S/C17H11N3O2S/c18-11-12-1-5-14(6-2-12)20-16(21)13-3-7-15(8-4-13)22-17-19-9-10-23-17/h1-10H,(H,20,21).